The summed E-state index contributed by atoms with van der Waals surface area (Å²) in [6, 6.07) is 9.16. The molecule has 12 heteroatoms. The highest BCUT2D eigenvalue weighted by Crippen LogP contribution is 2.47. The van der Waals surface area contributed by atoms with Crippen LogP contribution in [-0.2, 0) is 14.3 Å². The second-order valence-corrected chi connectivity index (χ2v) is 13.4. The molecule has 1 amide bonds. The lowest BCUT2D eigenvalue weighted by atomic mass is 9.95. The number of halogens is 1. The standard InChI is InChI=1S/C37H48FN3O8/c1-5-8-28(40-34(42)37(12-13-37)35(43)44)24-9-10-31(27(38)19-24)49-30-11-14-39-29-21-33(32(46-4)20-26(29)30)48-17-7-15-41-16-18-47-25(23-41)22-36(3,45)6-2/h9-11,14,19-21,25,28,45H,5-8,12-13,15-18,22-23H2,1-4H3,(H,40,42)(H,43,44). The maximum absolute atomic E-state index is 15.5. The molecule has 11 nitrogen and oxygen atoms in total. The SMILES string of the molecule is CCCC(NC(=O)C1(C(=O)O)CC1)c1ccc(Oc2ccnc3cc(OCCCN4CCOC(CC(C)(O)CC)C4)c(OC)cc23)c(F)c1. The molecular formula is C37H48FN3O8. The third-order valence-electron chi connectivity index (χ3n) is 9.57. The molecule has 3 unspecified atom stereocenters. The lowest BCUT2D eigenvalue weighted by Gasteiger charge is -2.36. The number of carbonyl (C=O) groups is 2. The zero-order valence-electron chi connectivity index (χ0n) is 28.8. The second kappa shape index (κ2) is 15.7. The van der Waals surface area contributed by atoms with Crippen molar-refractivity contribution in [3.05, 3.63) is 54.0 Å². The number of hydrogen-bond donors (Lipinski definition) is 3. The topological polar surface area (TPSA) is 140 Å². The predicted molar refractivity (Wildman–Crippen MR) is 182 cm³/mol. The van der Waals surface area contributed by atoms with E-state index < -0.39 is 34.8 Å². The summed E-state index contributed by atoms with van der Waals surface area (Å²) in [4.78, 5) is 31.2. The van der Waals surface area contributed by atoms with Gasteiger partial charge in [0.15, 0.2) is 23.1 Å². The summed E-state index contributed by atoms with van der Waals surface area (Å²) in [6.45, 7) is 9.31. The number of nitrogens with zero attached hydrogens (tertiary/aromatic N) is 2. The molecule has 2 fully saturated rings. The summed E-state index contributed by atoms with van der Waals surface area (Å²) < 4.78 is 39.1. The minimum atomic E-state index is -1.38. The van der Waals surface area contributed by atoms with Gasteiger partial charge in [-0.1, -0.05) is 26.3 Å². The van der Waals surface area contributed by atoms with E-state index in [1.165, 1.54) is 12.1 Å². The Morgan fingerprint density at radius 3 is 2.63 bits per heavy atom. The largest absolute Gasteiger partial charge is 0.493 e. The number of fused-ring (bicyclic) bond motifs is 1. The monoisotopic (exact) mass is 681 g/mol. The summed E-state index contributed by atoms with van der Waals surface area (Å²) in [5.41, 5.74) is -0.997. The highest BCUT2D eigenvalue weighted by molar-refractivity contribution is 6.05. The normalized spacial score (nSPS) is 19.1. The Bertz CT molecular complexity index is 1630. The number of nitrogens with one attached hydrogen (secondary N) is 1. The van der Waals surface area contributed by atoms with E-state index in [0.29, 0.717) is 85.5 Å². The van der Waals surface area contributed by atoms with Gasteiger partial charge in [0, 0.05) is 43.7 Å². The van der Waals surface area contributed by atoms with Crippen LogP contribution in [0.2, 0.25) is 0 Å². The van der Waals surface area contributed by atoms with Gasteiger partial charge in [-0.05, 0) is 68.9 Å². The van der Waals surface area contributed by atoms with Gasteiger partial charge in [-0.3, -0.25) is 19.5 Å². The number of pyridine rings is 1. The molecule has 5 rings (SSSR count). The van der Waals surface area contributed by atoms with Crippen molar-refractivity contribution in [1.29, 1.82) is 0 Å². The average Bonchev–Trinajstić information content (AvgIpc) is 3.90. The van der Waals surface area contributed by atoms with Crippen LogP contribution in [0.4, 0.5) is 4.39 Å². The van der Waals surface area contributed by atoms with E-state index in [2.05, 4.69) is 15.2 Å². The number of aliphatic carboxylic acids is 1. The molecule has 1 aromatic heterocycles. The average molecular weight is 682 g/mol. The molecule has 1 saturated carbocycles. The Hall–Kier alpha value is -4.00. The molecule has 2 heterocycles. The van der Waals surface area contributed by atoms with Crippen LogP contribution in [0.5, 0.6) is 23.0 Å². The van der Waals surface area contributed by atoms with Crippen LogP contribution in [0.1, 0.15) is 77.3 Å². The molecule has 1 saturated heterocycles. The van der Waals surface area contributed by atoms with Crippen molar-refractivity contribution < 1.29 is 43.1 Å². The van der Waals surface area contributed by atoms with Gasteiger partial charge in [-0.15, -0.1) is 0 Å². The summed E-state index contributed by atoms with van der Waals surface area (Å²) in [5.74, 6) is -0.899. The fourth-order valence-electron chi connectivity index (χ4n) is 6.21. The quantitative estimate of drug-likeness (QED) is 0.115. The van der Waals surface area contributed by atoms with Gasteiger partial charge in [-0.2, -0.15) is 0 Å². The van der Waals surface area contributed by atoms with Crippen LogP contribution >= 0.6 is 0 Å². The van der Waals surface area contributed by atoms with Crippen molar-refractivity contribution in [2.24, 2.45) is 5.41 Å². The van der Waals surface area contributed by atoms with Crippen molar-refractivity contribution in [2.45, 2.75) is 83.5 Å². The van der Waals surface area contributed by atoms with E-state index in [4.69, 9.17) is 18.9 Å². The Balaban J connectivity index is 1.23. The third-order valence-corrected chi connectivity index (χ3v) is 9.57. The molecule has 3 aromatic rings. The first-order valence-electron chi connectivity index (χ1n) is 17.2. The molecule has 0 spiro atoms. The Labute approximate surface area is 286 Å². The first kappa shape index (κ1) is 36.3. The Morgan fingerprint density at radius 2 is 1.96 bits per heavy atom. The zero-order valence-corrected chi connectivity index (χ0v) is 28.8. The lowest BCUT2D eigenvalue weighted by molar-refractivity contribution is -0.149. The van der Waals surface area contributed by atoms with E-state index in [1.807, 2.05) is 20.8 Å². The van der Waals surface area contributed by atoms with Gasteiger partial charge >= 0.3 is 5.97 Å². The molecule has 266 valence electrons. The van der Waals surface area contributed by atoms with Gasteiger partial charge in [0.1, 0.15) is 11.2 Å². The van der Waals surface area contributed by atoms with Crippen LogP contribution in [0, 0.1) is 11.2 Å². The molecule has 1 aliphatic carbocycles. The van der Waals surface area contributed by atoms with E-state index in [0.717, 1.165) is 26.1 Å². The summed E-state index contributed by atoms with van der Waals surface area (Å²) in [5, 5.41) is 23.4. The Morgan fingerprint density at radius 1 is 1.16 bits per heavy atom. The number of amides is 1. The molecular weight excluding hydrogens is 633 g/mol. The maximum atomic E-state index is 15.5. The number of ether oxygens (including phenoxy) is 4. The number of methoxy groups -OCH3 is 1. The van der Waals surface area contributed by atoms with Gasteiger partial charge in [0.05, 0.1) is 43.6 Å². The number of aliphatic hydroxyl groups is 1. The smallest absolute Gasteiger partial charge is 0.319 e. The fraction of sp³-hybridized carbons (Fsp3) is 0.541. The van der Waals surface area contributed by atoms with E-state index >= 15 is 4.39 Å². The number of aromatic nitrogens is 1. The van der Waals surface area contributed by atoms with E-state index in [-0.39, 0.29) is 11.9 Å². The van der Waals surface area contributed by atoms with Gasteiger partial charge in [0.2, 0.25) is 5.91 Å². The highest BCUT2D eigenvalue weighted by atomic mass is 19.1. The zero-order chi connectivity index (χ0) is 35.2. The number of carbonyl (C=O) groups excluding carboxylic acids is 1. The number of hydrogen-bond acceptors (Lipinski definition) is 9. The van der Waals surface area contributed by atoms with E-state index in [9.17, 15) is 19.8 Å². The molecule has 3 N–H and O–H groups in total. The summed E-state index contributed by atoms with van der Waals surface area (Å²) in [6.07, 6.45) is 5.49. The first-order chi connectivity index (χ1) is 23.5. The fourth-order valence-corrected chi connectivity index (χ4v) is 6.21. The predicted octanol–water partition coefficient (Wildman–Crippen LogP) is 6.02. The molecule has 0 bridgehead atoms. The minimum Gasteiger partial charge on any atom is -0.493 e. The van der Waals surface area contributed by atoms with Crippen molar-refractivity contribution in [3.63, 3.8) is 0 Å². The molecule has 1 aliphatic heterocycles. The third kappa shape index (κ3) is 8.78. The van der Waals surface area contributed by atoms with Crippen molar-refractivity contribution in [1.82, 2.24) is 15.2 Å². The van der Waals surface area contributed by atoms with Gasteiger partial charge in [0.25, 0.3) is 0 Å². The number of benzene rings is 2. The van der Waals surface area contributed by atoms with Crippen molar-refractivity contribution in [2.75, 3.05) is 40.0 Å². The molecule has 0 radical (unpaired) electrons. The summed E-state index contributed by atoms with van der Waals surface area (Å²) >= 11 is 0. The van der Waals surface area contributed by atoms with Crippen LogP contribution in [0.3, 0.4) is 0 Å². The van der Waals surface area contributed by atoms with Gasteiger partial charge < -0.3 is 34.5 Å². The lowest BCUT2D eigenvalue weighted by Crippen LogP contribution is -2.46. The molecule has 2 aliphatic rings. The number of rotatable bonds is 17. The molecule has 3 atom stereocenters. The first-order valence-corrected chi connectivity index (χ1v) is 17.2. The number of morpholine rings is 1. The summed E-state index contributed by atoms with van der Waals surface area (Å²) in [7, 11) is 1.55. The van der Waals surface area contributed by atoms with Gasteiger partial charge in [-0.25, -0.2) is 4.39 Å². The highest BCUT2D eigenvalue weighted by Gasteiger charge is 2.57. The minimum absolute atomic E-state index is 0.00469. The molecule has 49 heavy (non-hydrogen) atoms. The van der Waals surface area contributed by atoms with Crippen LogP contribution in [-0.4, -0.2) is 83.6 Å². The second-order valence-electron chi connectivity index (χ2n) is 13.4. The Kier molecular flexibility index (Phi) is 11.6. The number of carboxylic acids is 1. The molecule has 2 aromatic carbocycles. The van der Waals surface area contributed by atoms with Crippen LogP contribution in [0.25, 0.3) is 10.9 Å². The van der Waals surface area contributed by atoms with Crippen molar-refractivity contribution >= 4 is 22.8 Å². The van der Waals surface area contributed by atoms with Crippen LogP contribution in [0.15, 0.2) is 42.6 Å². The van der Waals surface area contributed by atoms with E-state index in [1.54, 1.807) is 37.6 Å². The van der Waals surface area contributed by atoms with Crippen molar-refractivity contribution in [3.8, 4) is 23.0 Å². The maximum Gasteiger partial charge on any atom is 0.319 e. The number of carboxylic acid groups (broad SMARTS) is 1. The van der Waals surface area contributed by atoms with Crippen LogP contribution < -0.4 is 19.5 Å².